The molecule has 122 valence electrons. The zero-order valence-electron chi connectivity index (χ0n) is 13.3. The minimum absolute atomic E-state index is 0.195. The largest absolute Gasteiger partial charge is 0.444 e. The predicted molar refractivity (Wildman–Crippen MR) is 101 cm³/mol. The zero-order chi connectivity index (χ0) is 16.9. The molecule has 1 unspecified atom stereocenters. The molecule has 0 bridgehead atoms. The van der Waals surface area contributed by atoms with Gasteiger partial charge in [0.25, 0.3) is 0 Å². The van der Waals surface area contributed by atoms with Gasteiger partial charge in [-0.1, -0.05) is 30.2 Å². The quantitative estimate of drug-likeness (QED) is 0.431. The second-order valence-corrected chi connectivity index (χ2v) is 6.59. The third-order valence-electron chi connectivity index (χ3n) is 2.72. The van der Waals surface area contributed by atoms with Crippen LogP contribution in [0.5, 0.6) is 0 Å². The molecule has 0 heterocycles. The molecule has 1 aromatic carbocycles. The molecule has 5 heteroatoms. The minimum atomic E-state index is -0.412. The average Bonchev–Trinajstić information content (AvgIpc) is 2.60. The lowest BCUT2D eigenvalue weighted by Crippen LogP contribution is -2.29. The lowest BCUT2D eigenvalue weighted by atomic mass is 10.4. The number of carbonyl (C=O) groups is 1. The van der Waals surface area contributed by atoms with Gasteiger partial charge in [-0.15, -0.1) is 29.9 Å². The first-order chi connectivity index (χ1) is 11.2. The Morgan fingerprint density at radius 1 is 1.39 bits per heavy atom. The third-order valence-corrected chi connectivity index (χ3v) is 5.11. The Kier molecular flexibility index (Phi) is 9.85. The van der Waals surface area contributed by atoms with Crippen molar-refractivity contribution >= 4 is 29.6 Å². The van der Waals surface area contributed by atoms with Crippen molar-refractivity contribution in [2.45, 2.75) is 17.9 Å². The van der Waals surface area contributed by atoms with E-state index in [1.165, 1.54) is 0 Å². The van der Waals surface area contributed by atoms with Crippen molar-refractivity contribution < 1.29 is 9.53 Å². The van der Waals surface area contributed by atoms with Crippen LogP contribution in [0.25, 0.3) is 0 Å². The molecule has 0 saturated carbocycles. The van der Waals surface area contributed by atoms with Gasteiger partial charge in [-0.2, -0.15) is 0 Å². The van der Waals surface area contributed by atoms with E-state index >= 15 is 0 Å². The topological polar surface area (TPSA) is 38.3 Å². The molecule has 23 heavy (non-hydrogen) atoms. The Labute approximate surface area is 147 Å². The molecule has 0 radical (unpaired) electrons. The van der Waals surface area contributed by atoms with E-state index in [9.17, 15) is 4.79 Å². The van der Waals surface area contributed by atoms with E-state index in [0.29, 0.717) is 11.5 Å². The Morgan fingerprint density at radius 3 is 2.74 bits per heavy atom. The van der Waals surface area contributed by atoms with Crippen molar-refractivity contribution in [3.8, 4) is 12.3 Å². The van der Waals surface area contributed by atoms with Crippen molar-refractivity contribution in [2.75, 3.05) is 18.6 Å². The van der Waals surface area contributed by atoms with Gasteiger partial charge in [0.05, 0.1) is 0 Å². The first-order valence-electron chi connectivity index (χ1n) is 7.17. The molecular weight excluding hydrogens is 326 g/mol. The molecular formula is C18H21NO2S2. The van der Waals surface area contributed by atoms with Crippen LogP contribution in [0.15, 0.2) is 58.4 Å². The van der Waals surface area contributed by atoms with Gasteiger partial charge in [0.1, 0.15) is 6.10 Å². The van der Waals surface area contributed by atoms with Crippen molar-refractivity contribution in [1.29, 1.82) is 0 Å². The summed E-state index contributed by atoms with van der Waals surface area (Å²) >= 11 is 3.29. The minimum Gasteiger partial charge on any atom is -0.444 e. The van der Waals surface area contributed by atoms with Gasteiger partial charge >= 0.3 is 6.09 Å². The molecule has 1 amide bonds. The van der Waals surface area contributed by atoms with E-state index in [2.05, 4.69) is 11.2 Å². The normalized spacial score (nSPS) is 12.7. The number of amides is 1. The fraction of sp³-hybridized carbons (Fsp3) is 0.278. The summed E-state index contributed by atoms with van der Waals surface area (Å²) in [6.07, 6.45) is 10.2. The number of terminal acetylenes is 1. The Hall–Kier alpha value is -1.77. The second kappa shape index (κ2) is 11.8. The van der Waals surface area contributed by atoms with E-state index in [4.69, 9.17) is 11.2 Å². The predicted octanol–water partition coefficient (Wildman–Crippen LogP) is 4.33. The van der Waals surface area contributed by atoms with Crippen LogP contribution in [0.2, 0.25) is 0 Å². The highest BCUT2D eigenvalue weighted by Crippen LogP contribution is 2.24. The highest BCUT2D eigenvalue weighted by atomic mass is 32.2. The lowest BCUT2D eigenvalue weighted by molar-refractivity contribution is 0.121. The standard InChI is InChI=1S/C18H21NO2S2/c1-4-6-10-16(5-2)22-13-15(21-18(20)19-3)14-23-17-11-8-7-9-12-17/h1,5-12,15H,13-14H2,2-3H3,(H,19,20)/b10-6-,16-5+. The van der Waals surface area contributed by atoms with Crippen LogP contribution in [0.3, 0.4) is 0 Å². The van der Waals surface area contributed by atoms with Crippen LogP contribution < -0.4 is 5.32 Å². The summed E-state index contributed by atoms with van der Waals surface area (Å²) in [6, 6.07) is 10.1. The second-order valence-electron chi connectivity index (χ2n) is 4.40. The number of hydrogen-bond acceptors (Lipinski definition) is 4. The number of rotatable bonds is 8. The number of nitrogens with one attached hydrogen (secondary N) is 1. The molecule has 1 aromatic rings. The number of alkyl carbamates (subject to hydrolysis) is 1. The molecule has 0 spiro atoms. The van der Waals surface area contributed by atoms with Crippen molar-refractivity contribution in [3.63, 3.8) is 0 Å². The molecule has 1 N–H and O–H groups in total. The van der Waals surface area contributed by atoms with Gasteiger partial charge in [-0.25, -0.2) is 4.79 Å². The van der Waals surface area contributed by atoms with Crippen LogP contribution in [0.1, 0.15) is 6.92 Å². The van der Waals surface area contributed by atoms with Gasteiger partial charge in [0, 0.05) is 28.4 Å². The van der Waals surface area contributed by atoms with Crippen LogP contribution in [0, 0.1) is 12.3 Å². The Bertz CT molecular complexity index is 576. The fourth-order valence-corrected chi connectivity index (χ4v) is 3.54. The van der Waals surface area contributed by atoms with E-state index < -0.39 is 6.09 Å². The molecule has 0 aliphatic rings. The number of ether oxygens (including phenoxy) is 1. The summed E-state index contributed by atoms with van der Waals surface area (Å²) in [7, 11) is 1.56. The summed E-state index contributed by atoms with van der Waals surface area (Å²) < 4.78 is 5.44. The van der Waals surface area contributed by atoms with Gasteiger partial charge in [0.2, 0.25) is 0 Å². The molecule has 0 aromatic heterocycles. The maximum absolute atomic E-state index is 11.5. The van der Waals surface area contributed by atoms with Crippen LogP contribution in [-0.4, -0.2) is 30.8 Å². The summed E-state index contributed by atoms with van der Waals surface area (Å²) in [5.41, 5.74) is 0. The molecule has 0 fully saturated rings. The van der Waals surface area contributed by atoms with Gasteiger partial charge < -0.3 is 10.1 Å². The highest BCUT2D eigenvalue weighted by molar-refractivity contribution is 8.03. The van der Waals surface area contributed by atoms with E-state index in [1.807, 2.05) is 49.4 Å². The molecule has 1 rings (SSSR count). The van der Waals surface area contributed by atoms with E-state index in [-0.39, 0.29) is 6.10 Å². The highest BCUT2D eigenvalue weighted by Gasteiger charge is 2.15. The summed E-state index contributed by atoms with van der Waals surface area (Å²) in [5, 5.41) is 2.49. The number of hydrogen-bond donors (Lipinski definition) is 1. The molecule has 1 atom stereocenters. The van der Waals surface area contributed by atoms with Crippen molar-refractivity contribution in [3.05, 3.63) is 53.5 Å². The van der Waals surface area contributed by atoms with Gasteiger partial charge in [0.15, 0.2) is 0 Å². The number of benzene rings is 1. The Morgan fingerprint density at radius 2 is 2.13 bits per heavy atom. The van der Waals surface area contributed by atoms with Gasteiger partial charge in [-0.3, -0.25) is 0 Å². The molecule has 0 saturated heterocycles. The van der Waals surface area contributed by atoms with E-state index in [1.54, 1.807) is 36.6 Å². The summed E-state index contributed by atoms with van der Waals surface area (Å²) in [5.74, 6) is 3.84. The van der Waals surface area contributed by atoms with Crippen molar-refractivity contribution in [1.82, 2.24) is 5.32 Å². The SMILES string of the molecule is C#C/C=C\C(=C/C)SCC(CSc1ccccc1)OC(=O)NC. The molecule has 0 aliphatic heterocycles. The Balaban J connectivity index is 2.59. The van der Waals surface area contributed by atoms with Crippen LogP contribution >= 0.6 is 23.5 Å². The number of thioether (sulfide) groups is 2. The maximum Gasteiger partial charge on any atom is 0.407 e. The van der Waals surface area contributed by atoms with Crippen molar-refractivity contribution in [2.24, 2.45) is 0 Å². The number of carbonyl (C=O) groups excluding carboxylic acids is 1. The third kappa shape index (κ3) is 8.44. The molecule has 3 nitrogen and oxygen atoms in total. The van der Waals surface area contributed by atoms with Crippen LogP contribution in [-0.2, 0) is 4.74 Å². The van der Waals surface area contributed by atoms with Gasteiger partial charge in [-0.05, 0) is 31.2 Å². The first-order valence-corrected chi connectivity index (χ1v) is 9.14. The molecule has 0 aliphatic carbocycles. The zero-order valence-corrected chi connectivity index (χ0v) is 15.0. The summed E-state index contributed by atoms with van der Waals surface area (Å²) in [6.45, 7) is 1.95. The monoisotopic (exact) mass is 347 g/mol. The van der Waals surface area contributed by atoms with E-state index in [0.717, 1.165) is 9.80 Å². The number of allylic oxidation sites excluding steroid dienone is 3. The first kappa shape index (κ1) is 19.3. The smallest absolute Gasteiger partial charge is 0.407 e. The fourth-order valence-electron chi connectivity index (χ4n) is 1.58. The maximum atomic E-state index is 11.5. The summed E-state index contributed by atoms with van der Waals surface area (Å²) in [4.78, 5) is 13.7. The average molecular weight is 348 g/mol. The van der Waals surface area contributed by atoms with Crippen LogP contribution in [0.4, 0.5) is 4.79 Å². The lowest BCUT2D eigenvalue weighted by Gasteiger charge is -2.17.